The largest absolute Gasteiger partial charge is 0.494 e. The Morgan fingerprint density at radius 2 is 1.91 bits per heavy atom. The molecule has 0 radical (unpaired) electrons. The van der Waals surface area contributed by atoms with Crippen LogP contribution < -0.4 is 4.74 Å². The van der Waals surface area contributed by atoms with Crippen LogP contribution in [0.1, 0.15) is 11.1 Å². The summed E-state index contributed by atoms with van der Waals surface area (Å²) in [5.41, 5.74) is 1.93. The zero-order valence-corrected chi connectivity index (χ0v) is 14.3. The number of aryl methyl sites for hydroxylation is 1. The van der Waals surface area contributed by atoms with Gasteiger partial charge < -0.3 is 9.64 Å². The van der Waals surface area contributed by atoms with Crippen LogP contribution >= 0.6 is 11.8 Å². The van der Waals surface area contributed by atoms with Gasteiger partial charge in [-0.05, 0) is 36.8 Å². The van der Waals surface area contributed by atoms with Crippen molar-refractivity contribution in [2.24, 2.45) is 0 Å². The molecule has 122 valence electrons. The van der Waals surface area contributed by atoms with Crippen molar-refractivity contribution in [2.75, 3.05) is 19.9 Å². The van der Waals surface area contributed by atoms with Gasteiger partial charge in [0, 0.05) is 18.5 Å². The minimum absolute atomic E-state index is 0.00630. The fourth-order valence-corrected chi connectivity index (χ4v) is 2.90. The fourth-order valence-electron chi connectivity index (χ4n) is 2.06. The third-order valence-corrected chi connectivity index (χ3v) is 4.44. The molecule has 0 fully saturated rings. The van der Waals surface area contributed by atoms with Gasteiger partial charge in [-0.2, -0.15) is 0 Å². The van der Waals surface area contributed by atoms with Gasteiger partial charge in [0.15, 0.2) is 11.6 Å². The van der Waals surface area contributed by atoms with Crippen molar-refractivity contribution in [1.82, 2.24) is 4.90 Å². The van der Waals surface area contributed by atoms with Crippen molar-refractivity contribution < 1.29 is 13.9 Å². The summed E-state index contributed by atoms with van der Waals surface area (Å²) >= 11 is 1.50. The number of thioether (sulfide) groups is 1. The average Bonchev–Trinajstić information content (AvgIpc) is 2.54. The van der Waals surface area contributed by atoms with Crippen LogP contribution in [-0.2, 0) is 11.3 Å². The maximum atomic E-state index is 13.7. The molecule has 0 aliphatic carbocycles. The molecule has 0 saturated heterocycles. The van der Waals surface area contributed by atoms with Crippen molar-refractivity contribution in [2.45, 2.75) is 18.4 Å². The summed E-state index contributed by atoms with van der Waals surface area (Å²) in [6.45, 7) is 2.40. The molecule has 1 amide bonds. The zero-order chi connectivity index (χ0) is 16.8. The van der Waals surface area contributed by atoms with Gasteiger partial charge in [0.25, 0.3) is 0 Å². The molecule has 0 saturated carbocycles. The molecule has 3 nitrogen and oxygen atoms in total. The van der Waals surface area contributed by atoms with E-state index < -0.39 is 5.82 Å². The van der Waals surface area contributed by atoms with Gasteiger partial charge in [-0.1, -0.05) is 23.8 Å². The van der Waals surface area contributed by atoms with E-state index in [1.807, 2.05) is 31.2 Å². The Morgan fingerprint density at radius 3 is 2.52 bits per heavy atom. The van der Waals surface area contributed by atoms with E-state index in [1.54, 1.807) is 24.1 Å². The third kappa shape index (κ3) is 4.99. The van der Waals surface area contributed by atoms with Gasteiger partial charge in [0.05, 0.1) is 12.9 Å². The Bertz CT molecular complexity index is 673. The summed E-state index contributed by atoms with van der Waals surface area (Å²) in [6.07, 6.45) is 0. The Balaban J connectivity index is 1.89. The summed E-state index contributed by atoms with van der Waals surface area (Å²) in [4.78, 5) is 14.8. The molecule has 0 unspecified atom stereocenters. The van der Waals surface area contributed by atoms with Crippen molar-refractivity contribution in [3.63, 3.8) is 0 Å². The molecule has 2 rings (SSSR count). The van der Waals surface area contributed by atoms with Crippen LogP contribution in [-0.4, -0.2) is 30.7 Å². The number of halogens is 1. The molecule has 2 aromatic carbocycles. The highest BCUT2D eigenvalue weighted by molar-refractivity contribution is 8.00. The normalized spacial score (nSPS) is 10.4. The quantitative estimate of drug-likeness (QED) is 0.751. The van der Waals surface area contributed by atoms with Crippen LogP contribution in [0.15, 0.2) is 47.4 Å². The summed E-state index contributed by atoms with van der Waals surface area (Å²) in [6, 6.07) is 12.8. The number of amides is 1. The minimum atomic E-state index is -0.417. The Kier molecular flexibility index (Phi) is 6.04. The van der Waals surface area contributed by atoms with E-state index in [0.717, 1.165) is 10.5 Å². The minimum Gasteiger partial charge on any atom is -0.494 e. The molecule has 0 spiro atoms. The summed E-state index contributed by atoms with van der Waals surface area (Å²) < 4.78 is 18.6. The van der Waals surface area contributed by atoms with E-state index in [1.165, 1.54) is 30.5 Å². The van der Waals surface area contributed by atoms with E-state index in [9.17, 15) is 9.18 Å². The standard InChI is InChI=1S/C18H20FNO2S/c1-13-4-7-15(8-5-13)23-12-18(21)20(2)11-14-6-9-17(22-3)16(19)10-14/h4-10H,11-12H2,1-3H3. The van der Waals surface area contributed by atoms with Crippen LogP contribution in [0.25, 0.3) is 0 Å². The average molecular weight is 333 g/mol. The first-order chi connectivity index (χ1) is 11.0. The Labute approximate surface area is 140 Å². The van der Waals surface area contributed by atoms with E-state index >= 15 is 0 Å². The molecular weight excluding hydrogens is 313 g/mol. The molecule has 0 aliphatic heterocycles. The number of carbonyl (C=O) groups is 1. The molecule has 5 heteroatoms. The number of benzene rings is 2. The van der Waals surface area contributed by atoms with Gasteiger partial charge >= 0.3 is 0 Å². The Hall–Kier alpha value is -2.01. The van der Waals surface area contributed by atoms with Crippen molar-refractivity contribution in [3.05, 3.63) is 59.4 Å². The molecule has 0 aliphatic rings. The summed E-state index contributed by atoms with van der Waals surface area (Å²) in [5.74, 6) is 0.155. The second-order valence-corrected chi connectivity index (χ2v) is 6.37. The SMILES string of the molecule is COc1ccc(CN(C)C(=O)CSc2ccc(C)cc2)cc1F. The molecule has 0 aromatic heterocycles. The predicted molar refractivity (Wildman–Crippen MR) is 91.3 cm³/mol. The number of nitrogens with zero attached hydrogens (tertiary/aromatic N) is 1. The van der Waals surface area contributed by atoms with Gasteiger partial charge in [-0.3, -0.25) is 4.79 Å². The maximum absolute atomic E-state index is 13.7. The number of hydrogen-bond acceptors (Lipinski definition) is 3. The fraction of sp³-hybridized carbons (Fsp3) is 0.278. The number of ether oxygens (including phenoxy) is 1. The van der Waals surface area contributed by atoms with Gasteiger partial charge in [0.2, 0.25) is 5.91 Å². The first-order valence-corrected chi connectivity index (χ1v) is 8.24. The van der Waals surface area contributed by atoms with Crippen molar-refractivity contribution >= 4 is 17.7 Å². The number of hydrogen-bond donors (Lipinski definition) is 0. The first-order valence-electron chi connectivity index (χ1n) is 7.25. The van der Waals surface area contributed by atoms with E-state index in [0.29, 0.717) is 12.3 Å². The van der Waals surface area contributed by atoms with Crippen LogP contribution in [0.4, 0.5) is 4.39 Å². The molecule has 0 bridgehead atoms. The lowest BCUT2D eigenvalue weighted by Gasteiger charge is -2.17. The first kappa shape index (κ1) is 17.3. The van der Waals surface area contributed by atoms with E-state index in [-0.39, 0.29) is 11.7 Å². The molecular formula is C18H20FNO2S. The lowest BCUT2D eigenvalue weighted by Crippen LogP contribution is -2.27. The van der Waals surface area contributed by atoms with Gasteiger partial charge in [-0.15, -0.1) is 11.8 Å². The molecule has 23 heavy (non-hydrogen) atoms. The summed E-state index contributed by atoms with van der Waals surface area (Å²) in [5, 5.41) is 0. The van der Waals surface area contributed by atoms with E-state index in [2.05, 4.69) is 0 Å². The molecule has 2 aromatic rings. The molecule has 0 atom stereocenters. The molecule has 0 heterocycles. The number of methoxy groups -OCH3 is 1. The lowest BCUT2D eigenvalue weighted by atomic mass is 10.2. The highest BCUT2D eigenvalue weighted by Crippen LogP contribution is 2.20. The van der Waals surface area contributed by atoms with Crippen LogP contribution in [0.5, 0.6) is 5.75 Å². The number of rotatable bonds is 6. The summed E-state index contributed by atoms with van der Waals surface area (Å²) in [7, 11) is 3.15. The monoisotopic (exact) mass is 333 g/mol. The second kappa shape index (κ2) is 8.02. The highest BCUT2D eigenvalue weighted by Gasteiger charge is 2.11. The zero-order valence-electron chi connectivity index (χ0n) is 13.5. The third-order valence-electron chi connectivity index (χ3n) is 3.44. The second-order valence-electron chi connectivity index (χ2n) is 5.32. The molecule has 0 N–H and O–H groups in total. The van der Waals surface area contributed by atoms with Crippen LogP contribution in [0.3, 0.4) is 0 Å². The maximum Gasteiger partial charge on any atom is 0.232 e. The van der Waals surface area contributed by atoms with Crippen molar-refractivity contribution in [1.29, 1.82) is 0 Å². The highest BCUT2D eigenvalue weighted by atomic mass is 32.2. The predicted octanol–water partition coefficient (Wildman–Crippen LogP) is 3.89. The van der Waals surface area contributed by atoms with Crippen LogP contribution in [0, 0.1) is 12.7 Å². The van der Waals surface area contributed by atoms with E-state index in [4.69, 9.17) is 4.74 Å². The van der Waals surface area contributed by atoms with Crippen LogP contribution in [0.2, 0.25) is 0 Å². The lowest BCUT2D eigenvalue weighted by molar-refractivity contribution is -0.127. The Morgan fingerprint density at radius 1 is 1.22 bits per heavy atom. The smallest absolute Gasteiger partial charge is 0.232 e. The van der Waals surface area contributed by atoms with Gasteiger partial charge in [-0.25, -0.2) is 4.39 Å². The van der Waals surface area contributed by atoms with Gasteiger partial charge in [0.1, 0.15) is 0 Å². The number of carbonyl (C=O) groups excluding carboxylic acids is 1. The topological polar surface area (TPSA) is 29.5 Å². The van der Waals surface area contributed by atoms with Crippen molar-refractivity contribution in [3.8, 4) is 5.75 Å².